The van der Waals surface area contributed by atoms with Gasteiger partial charge in [0.15, 0.2) is 0 Å². The summed E-state index contributed by atoms with van der Waals surface area (Å²) < 4.78 is 0. The number of carboxylic acids is 1. The maximum Gasteiger partial charge on any atom is 0.337 e. The molecule has 98 valence electrons. The van der Waals surface area contributed by atoms with Crippen molar-refractivity contribution in [2.45, 2.75) is 0 Å². The number of aromatic nitrogens is 1. The van der Waals surface area contributed by atoms with Crippen LogP contribution in [0.25, 0.3) is 21.9 Å². The van der Waals surface area contributed by atoms with Crippen molar-refractivity contribution in [1.29, 1.82) is 0 Å². The fraction of sp³-hybridized carbons (Fsp3) is 0. The Kier molecular flexibility index (Phi) is 3.12. The van der Waals surface area contributed by atoms with Crippen molar-refractivity contribution < 1.29 is 9.90 Å². The molecule has 0 spiro atoms. The van der Waals surface area contributed by atoms with E-state index in [9.17, 15) is 4.79 Å². The molecule has 0 aliphatic carbocycles. The van der Waals surface area contributed by atoms with Gasteiger partial charge in [0.05, 0.1) is 10.6 Å². The summed E-state index contributed by atoms with van der Waals surface area (Å²) in [6, 6.07) is 12.8. The number of carboxylic acid groups (broad SMARTS) is 1. The lowest BCUT2D eigenvalue weighted by Crippen LogP contribution is -1.97. The summed E-state index contributed by atoms with van der Waals surface area (Å²) in [6.45, 7) is 0. The van der Waals surface area contributed by atoms with E-state index in [1.54, 1.807) is 24.5 Å². The van der Waals surface area contributed by atoms with Crippen LogP contribution in [0.15, 0.2) is 54.9 Å². The Morgan fingerprint density at radius 3 is 2.80 bits per heavy atom. The number of hydrogen-bond donors (Lipinski definition) is 1. The maximum atomic E-state index is 11.2. The SMILES string of the molecule is O=C(O)c1cc(-c2cccc3cnccc23)ccc1Cl. The zero-order valence-electron chi connectivity index (χ0n) is 10.4. The number of nitrogens with zero attached hydrogens (tertiary/aromatic N) is 1. The minimum atomic E-state index is -1.03. The van der Waals surface area contributed by atoms with Crippen LogP contribution in [0, 0.1) is 0 Å². The van der Waals surface area contributed by atoms with Crippen LogP contribution in [0.2, 0.25) is 5.02 Å². The van der Waals surface area contributed by atoms with Gasteiger partial charge in [0.2, 0.25) is 0 Å². The van der Waals surface area contributed by atoms with Crippen LogP contribution in [0.4, 0.5) is 0 Å². The molecule has 3 nitrogen and oxygen atoms in total. The van der Waals surface area contributed by atoms with E-state index in [0.717, 1.165) is 21.9 Å². The molecule has 3 aromatic rings. The normalized spacial score (nSPS) is 10.7. The monoisotopic (exact) mass is 283 g/mol. The fourth-order valence-corrected chi connectivity index (χ4v) is 2.43. The van der Waals surface area contributed by atoms with E-state index < -0.39 is 5.97 Å². The van der Waals surface area contributed by atoms with Crippen molar-refractivity contribution in [1.82, 2.24) is 4.98 Å². The molecule has 0 saturated heterocycles. The quantitative estimate of drug-likeness (QED) is 0.765. The van der Waals surface area contributed by atoms with Gasteiger partial charge in [0.1, 0.15) is 0 Å². The van der Waals surface area contributed by atoms with Gasteiger partial charge in [-0.2, -0.15) is 0 Å². The Balaban J connectivity index is 2.26. The Morgan fingerprint density at radius 2 is 2.00 bits per heavy atom. The topological polar surface area (TPSA) is 50.2 Å². The van der Waals surface area contributed by atoms with E-state index >= 15 is 0 Å². The molecule has 0 fully saturated rings. The van der Waals surface area contributed by atoms with Crippen molar-refractivity contribution >= 4 is 28.3 Å². The van der Waals surface area contributed by atoms with Gasteiger partial charge < -0.3 is 5.11 Å². The van der Waals surface area contributed by atoms with Gasteiger partial charge in [-0.15, -0.1) is 0 Å². The summed E-state index contributed by atoms with van der Waals surface area (Å²) in [4.78, 5) is 15.3. The van der Waals surface area contributed by atoms with Crippen LogP contribution < -0.4 is 0 Å². The molecule has 0 aliphatic heterocycles. The predicted octanol–water partition coefficient (Wildman–Crippen LogP) is 4.25. The summed E-state index contributed by atoms with van der Waals surface area (Å²) in [6.07, 6.45) is 3.51. The molecule has 3 rings (SSSR count). The molecule has 0 amide bonds. The summed E-state index contributed by atoms with van der Waals surface area (Å²) in [5, 5.41) is 11.4. The van der Waals surface area contributed by atoms with E-state index in [4.69, 9.17) is 16.7 Å². The Bertz CT molecular complexity index is 809. The van der Waals surface area contributed by atoms with E-state index in [1.165, 1.54) is 0 Å². The Morgan fingerprint density at radius 1 is 1.15 bits per heavy atom. The third-order valence-electron chi connectivity index (χ3n) is 3.19. The summed E-state index contributed by atoms with van der Waals surface area (Å²) >= 11 is 5.91. The van der Waals surface area contributed by atoms with Crippen LogP contribution >= 0.6 is 11.6 Å². The maximum absolute atomic E-state index is 11.2. The first kappa shape index (κ1) is 12.6. The van der Waals surface area contributed by atoms with Gasteiger partial charge in [-0.1, -0.05) is 35.9 Å². The molecule has 0 saturated carbocycles. The van der Waals surface area contributed by atoms with Crippen LogP contribution in [0.3, 0.4) is 0 Å². The molecular weight excluding hydrogens is 274 g/mol. The molecule has 2 aromatic carbocycles. The lowest BCUT2D eigenvalue weighted by atomic mass is 9.98. The van der Waals surface area contributed by atoms with Crippen LogP contribution in [-0.2, 0) is 0 Å². The van der Waals surface area contributed by atoms with Crippen molar-refractivity contribution in [3.05, 3.63) is 65.4 Å². The number of halogens is 1. The van der Waals surface area contributed by atoms with E-state index in [-0.39, 0.29) is 10.6 Å². The second kappa shape index (κ2) is 4.94. The Labute approximate surface area is 120 Å². The first-order valence-corrected chi connectivity index (χ1v) is 6.40. The van der Waals surface area contributed by atoms with Crippen LogP contribution in [0.5, 0.6) is 0 Å². The zero-order chi connectivity index (χ0) is 14.1. The van der Waals surface area contributed by atoms with E-state index in [2.05, 4.69) is 4.98 Å². The summed E-state index contributed by atoms with van der Waals surface area (Å²) in [5.74, 6) is -1.03. The molecule has 0 radical (unpaired) electrons. The highest BCUT2D eigenvalue weighted by molar-refractivity contribution is 6.33. The molecule has 4 heteroatoms. The number of hydrogen-bond acceptors (Lipinski definition) is 2. The average Bonchev–Trinajstić information content (AvgIpc) is 2.47. The largest absolute Gasteiger partial charge is 0.478 e. The van der Waals surface area contributed by atoms with Crippen LogP contribution in [-0.4, -0.2) is 16.1 Å². The van der Waals surface area contributed by atoms with Crippen molar-refractivity contribution in [2.75, 3.05) is 0 Å². The van der Waals surface area contributed by atoms with Gasteiger partial charge in [-0.3, -0.25) is 4.98 Å². The molecule has 1 aromatic heterocycles. The number of pyridine rings is 1. The number of benzene rings is 2. The molecular formula is C16H10ClNO2. The standard InChI is InChI=1S/C16H10ClNO2/c17-15-5-4-10(8-14(15)16(19)20)12-3-1-2-11-9-18-7-6-13(11)12/h1-9H,(H,19,20). The van der Waals surface area contributed by atoms with Gasteiger partial charge in [0.25, 0.3) is 0 Å². The number of fused-ring (bicyclic) bond motifs is 1. The molecule has 0 atom stereocenters. The van der Waals surface area contributed by atoms with Crippen molar-refractivity contribution in [3.8, 4) is 11.1 Å². The van der Waals surface area contributed by atoms with Gasteiger partial charge in [-0.05, 0) is 34.7 Å². The molecule has 20 heavy (non-hydrogen) atoms. The predicted molar refractivity (Wildman–Crippen MR) is 79.1 cm³/mol. The highest BCUT2D eigenvalue weighted by Crippen LogP contribution is 2.30. The third-order valence-corrected chi connectivity index (χ3v) is 3.52. The second-order valence-electron chi connectivity index (χ2n) is 4.40. The lowest BCUT2D eigenvalue weighted by Gasteiger charge is -2.08. The van der Waals surface area contributed by atoms with Crippen molar-refractivity contribution in [2.24, 2.45) is 0 Å². The molecule has 0 unspecified atom stereocenters. The minimum absolute atomic E-state index is 0.107. The number of aromatic carboxylic acids is 1. The molecule has 1 heterocycles. The Hall–Kier alpha value is -2.39. The smallest absolute Gasteiger partial charge is 0.337 e. The fourth-order valence-electron chi connectivity index (χ4n) is 2.23. The van der Waals surface area contributed by atoms with E-state index in [0.29, 0.717) is 0 Å². The first-order valence-electron chi connectivity index (χ1n) is 6.03. The highest BCUT2D eigenvalue weighted by atomic mass is 35.5. The second-order valence-corrected chi connectivity index (χ2v) is 4.81. The van der Waals surface area contributed by atoms with E-state index in [1.807, 2.05) is 30.3 Å². The minimum Gasteiger partial charge on any atom is -0.478 e. The molecule has 0 bridgehead atoms. The summed E-state index contributed by atoms with van der Waals surface area (Å²) in [5.41, 5.74) is 1.89. The van der Waals surface area contributed by atoms with Gasteiger partial charge in [-0.25, -0.2) is 4.79 Å². The van der Waals surface area contributed by atoms with Gasteiger partial charge >= 0.3 is 5.97 Å². The number of rotatable bonds is 2. The van der Waals surface area contributed by atoms with Crippen LogP contribution in [0.1, 0.15) is 10.4 Å². The lowest BCUT2D eigenvalue weighted by molar-refractivity contribution is 0.0697. The van der Waals surface area contributed by atoms with Crippen molar-refractivity contribution in [3.63, 3.8) is 0 Å². The zero-order valence-corrected chi connectivity index (χ0v) is 11.1. The third kappa shape index (κ3) is 2.12. The van der Waals surface area contributed by atoms with Gasteiger partial charge in [0, 0.05) is 17.8 Å². The molecule has 1 N–H and O–H groups in total. The number of carbonyl (C=O) groups is 1. The molecule has 0 aliphatic rings. The highest BCUT2D eigenvalue weighted by Gasteiger charge is 2.11. The first-order chi connectivity index (χ1) is 9.66. The summed E-state index contributed by atoms with van der Waals surface area (Å²) in [7, 11) is 0. The average molecular weight is 284 g/mol.